The third-order valence-corrected chi connectivity index (χ3v) is 11.4. The van der Waals surface area contributed by atoms with Crippen LogP contribution in [0.25, 0.3) is 10.2 Å². The molecule has 0 amide bonds. The summed E-state index contributed by atoms with van der Waals surface area (Å²) in [7, 11) is 0. The monoisotopic (exact) mass is 870 g/mol. The molecular formula is C45H46N2O14S. The molecule has 0 aliphatic heterocycles. The average molecular weight is 871 g/mol. The topological polar surface area (TPSA) is 215 Å². The van der Waals surface area contributed by atoms with E-state index in [4.69, 9.17) is 43.6 Å². The molecule has 6 rings (SSSR count). The normalized spacial score (nSPS) is 18.3. The zero-order valence-corrected chi connectivity index (χ0v) is 34.6. The first-order valence-electron chi connectivity index (χ1n) is 20.0. The third kappa shape index (κ3) is 12.4. The fourth-order valence-electron chi connectivity index (χ4n) is 7.07. The Morgan fingerprint density at radius 2 is 1.00 bits per heavy atom. The summed E-state index contributed by atoms with van der Waals surface area (Å²) in [6.45, 7) is 6.18. The molecule has 17 heteroatoms. The zero-order valence-electron chi connectivity index (χ0n) is 33.8. The molecule has 2 aliphatic carbocycles. The van der Waals surface area contributed by atoms with E-state index in [2.05, 4.69) is 18.1 Å². The minimum absolute atomic E-state index is 0.115. The SMILES string of the molecule is C=CC(=O)OCOc1ccc(OC(=O)C2CCC(C(=O)OCCc3ccc(OC(=O)C4CCC(C(=O)Oc5ccc(OCOC(=O)C=C)cc5)CC4)c4nc(N)sc34)CC2)cc1. The first kappa shape index (κ1) is 44.8. The van der Waals surface area contributed by atoms with Crippen molar-refractivity contribution in [3.63, 3.8) is 0 Å². The lowest BCUT2D eigenvalue weighted by Crippen LogP contribution is -2.30. The van der Waals surface area contributed by atoms with Crippen LogP contribution in [0.1, 0.15) is 56.9 Å². The predicted molar refractivity (Wildman–Crippen MR) is 223 cm³/mol. The number of ether oxygens (including phenoxy) is 8. The van der Waals surface area contributed by atoms with E-state index in [9.17, 15) is 28.8 Å². The number of hydrogen-bond acceptors (Lipinski definition) is 17. The number of thiazole rings is 1. The third-order valence-electron chi connectivity index (χ3n) is 10.5. The van der Waals surface area contributed by atoms with Crippen LogP contribution in [0.4, 0.5) is 5.13 Å². The number of carbonyl (C=O) groups excluding carboxylic acids is 6. The van der Waals surface area contributed by atoms with Crippen molar-refractivity contribution in [1.29, 1.82) is 0 Å². The van der Waals surface area contributed by atoms with Gasteiger partial charge >= 0.3 is 35.8 Å². The summed E-state index contributed by atoms with van der Waals surface area (Å²) in [6, 6.07) is 16.1. The lowest BCUT2D eigenvalue weighted by Gasteiger charge is -2.26. The standard InChI is InChI=1S/C45H46N2O14S/c1-3-37(48)57-25-55-32-14-18-34(19-15-32)59-42(51)29-7-5-28(6-8-29)41(50)54-24-23-27-13-22-36(39-40(27)62-45(46)47-39)61-44(53)31-11-9-30(10-12-31)43(52)60-35-20-16-33(17-21-35)56-26-58-38(49)4-2/h3-4,13-22,28-31H,1-2,5-12,23-26H2,(H2,46,47). The van der Waals surface area contributed by atoms with Gasteiger partial charge in [-0.25, -0.2) is 14.6 Å². The van der Waals surface area contributed by atoms with Gasteiger partial charge in [-0.1, -0.05) is 30.6 Å². The molecule has 0 unspecified atom stereocenters. The summed E-state index contributed by atoms with van der Waals surface area (Å²) in [4.78, 5) is 78.7. The predicted octanol–water partition coefficient (Wildman–Crippen LogP) is 6.82. The number of anilines is 1. The van der Waals surface area contributed by atoms with Crippen LogP contribution in [0.5, 0.6) is 28.7 Å². The minimum atomic E-state index is -0.608. The molecule has 0 radical (unpaired) electrons. The quantitative estimate of drug-likeness (QED) is 0.0357. The number of rotatable bonds is 18. The Kier molecular flexibility index (Phi) is 15.7. The number of benzene rings is 3. The van der Waals surface area contributed by atoms with Crippen LogP contribution < -0.4 is 29.4 Å². The highest BCUT2D eigenvalue weighted by atomic mass is 32.1. The van der Waals surface area contributed by atoms with Crippen molar-refractivity contribution in [3.8, 4) is 28.7 Å². The van der Waals surface area contributed by atoms with E-state index in [-0.39, 0.29) is 55.6 Å². The summed E-state index contributed by atoms with van der Waals surface area (Å²) >= 11 is 1.25. The van der Waals surface area contributed by atoms with Crippen LogP contribution in [0.15, 0.2) is 86.0 Å². The Morgan fingerprint density at radius 1 is 0.581 bits per heavy atom. The summed E-state index contributed by atoms with van der Waals surface area (Å²) in [5, 5.41) is 0.294. The van der Waals surface area contributed by atoms with Crippen LogP contribution in [-0.2, 0) is 49.4 Å². The van der Waals surface area contributed by atoms with E-state index < -0.39 is 29.8 Å². The maximum Gasteiger partial charge on any atom is 0.333 e. The number of nitrogens with zero attached hydrogens (tertiary/aromatic N) is 1. The lowest BCUT2D eigenvalue weighted by molar-refractivity contribution is -0.152. The Hall–Kier alpha value is -6.75. The molecule has 326 valence electrons. The first-order chi connectivity index (χ1) is 30.0. The van der Waals surface area contributed by atoms with Crippen molar-refractivity contribution in [1.82, 2.24) is 4.98 Å². The maximum absolute atomic E-state index is 13.3. The fourth-order valence-corrected chi connectivity index (χ4v) is 7.96. The average Bonchev–Trinajstić information content (AvgIpc) is 3.70. The molecule has 4 aromatic rings. The van der Waals surface area contributed by atoms with Crippen molar-refractivity contribution in [2.24, 2.45) is 23.7 Å². The Labute approximate surface area is 360 Å². The largest absolute Gasteiger partial charge is 0.465 e. The van der Waals surface area contributed by atoms with Gasteiger partial charge < -0.3 is 43.6 Å². The second-order valence-corrected chi connectivity index (χ2v) is 15.6. The van der Waals surface area contributed by atoms with E-state index in [1.165, 1.54) is 11.3 Å². The summed E-state index contributed by atoms with van der Waals surface area (Å²) < 4.78 is 43.5. The molecule has 0 spiro atoms. The number of fused-ring (bicyclic) bond motifs is 1. The molecular weight excluding hydrogens is 825 g/mol. The number of nitrogens with two attached hydrogens (primary N) is 1. The second kappa shape index (κ2) is 21.7. The first-order valence-corrected chi connectivity index (χ1v) is 20.8. The van der Waals surface area contributed by atoms with Gasteiger partial charge in [-0.2, -0.15) is 0 Å². The van der Waals surface area contributed by atoms with Crippen molar-refractivity contribution in [2.45, 2.75) is 57.8 Å². The van der Waals surface area contributed by atoms with Crippen molar-refractivity contribution >= 4 is 62.5 Å². The van der Waals surface area contributed by atoms with E-state index in [0.29, 0.717) is 91.4 Å². The molecule has 2 N–H and O–H groups in total. The zero-order chi connectivity index (χ0) is 44.0. The van der Waals surface area contributed by atoms with Crippen LogP contribution in [0.3, 0.4) is 0 Å². The van der Waals surface area contributed by atoms with Gasteiger partial charge in [0.05, 0.1) is 35.0 Å². The summed E-state index contributed by atoms with van der Waals surface area (Å²) in [5.74, 6) is -2.42. The Bertz CT molecular complexity index is 2260. The summed E-state index contributed by atoms with van der Waals surface area (Å²) in [5.41, 5.74) is 7.36. The van der Waals surface area contributed by atoms with E-state index >= 15 is 0 Å². The Morgan fingerprint density at radius 3 is 1.45 bits per heavy atom. The molecule has 2 saturated carbocycles. The Balaban J connectivity index is 0.906. The molecule has 62 heavy (non-hydrogen) atoms. The molecule has 1 aromatic heterocycles. The number of nitrogen functional groups attached to an aromatic ring is 1. The lowest BCUT2D eigenvalue weighted by atomic mass is 9.82. The van der Waals surface area contributed by atoms with Crippen LogP contribution in [0, 0.1) is 23.7 Å². The highest BCUT2D eigenvalue weighted by Gasteiger charge is 2.34. The maximum atomic E-state index is 13.3. The van der Waals surface area contributed by atoms with Gasteiger partial charge in [0.15, 0.2) is 10.9 Å². The highest BCUT2D eigenvalue weighted by Crippen LogP contribution is 2.37. The van der Waals surface area contributed by atoms with E-state index in [1.54, 1.807) is 60.7 Å². The molecule has 1 heterocycles. The van der Waals surface area contributed by atoms with Crippen molar-refractivity contribution in [3.05, 3.63) is 91.5 Å². The molecule has 3 aromatic carbocycles. The highest BCUT2D eigenvalue weighted by molar-refractivity contribution is 7.22. The molecule has 2 aliphatic rings. The van der Waals surface area contributed by atoms with Gasteiger partial charge in [0.25, 0.3) is 0 Å². The van der Waals surface area contributed by atoms with Gasteiger partial charge in [-0.05, 0) is 112 Å². The number of esters is 6. The molecule has 0 saturated heterocycles. The molecule has 0 atom stereocenters. The van der Waals surface area contributed by atoms with Crippen LogP contribution in [0.2, 0.25) is 0 Å². The molecule has 2 fully saturated rings. The van der Waals surface area contributed by atoms with Gasteiger partial charge in [-0.15, -0.1) is 0 Å². The molecule has 16 nitrogen and oxygen atoms in total. The van der Waals surface area contributed by atoms with Gasteiger partial charge in [-0.3, -0.25) is 19.2 Å². The van der Waals surface area contributed by atoms with Gasteiger partial charge in [0.2, 0.25) is 13.6 Å². The number of carbonyl (C=O) groups is 6. The van der Waals surface area contributed by atoms with Crippen LogP contribution >= 0.6 is 11.3 Å². The van der Waals surface area contributed by atoms with Crippen LogP contribution in [-0.4, -0.2) is 61.0 Å². The molecule has 0 bridgehead atoms. The fraction of sp³-hybridized carbons (Fsp3) is 0.356. The van der Waals surface area contributed by atoms with E-state index in [1.807, 2.05) is 0 Å². The second-order valence-electron chi connectivity index (χ2n) is 14.5. The van der Waals surface area contributed by atoms with E-state index in [0.717, 1.165) is 22.4 Å². The smallest absolute Gasteiger partial charge is 0.333 e. The van der Waals surface area contributed by atoms with Gasteiger partial charge in [0, 0.05) is 18.6 Å². The summed E-state index contributed by atoms with van der Waals surface area (Å²) in [6.07, 6.45) is 6.17. The minimum Gasteiger partial charge on any atom is -0.465 e. The van der Waals surface area contributed by atoms with Crippen molar-refractivity contribution < 1.29 is 66.7 Å². The van der Waals surface area contributed by atoms with Gasteiger partial charge in [0.1, 0.15) is 28.5 Å². The number of hydrogen-bond donors (Lipinski definition) is 1. The number of aromatic nitrogens is 1. The van der Waals surface area contributed by atoms with Crippen molar-refractivity contribution in [2.75, 3.05) is 25.9 Å².